The summed E-state index contributed by atoms with van der Waals surface area (Å²) in [7, 11) is 0. The van der Waals surface area contributed by atoms with Crippen molar-refractivity contribution < 1.29 is 19.8 Å². The maximum Gasteiger partial charge on any atom is 0.317 e. The molecule has 0 rings (SSSR count). The highest BCUT2D eigenvalue weighted by atomic mass is 16.4. The zero-order valence-corrected chi connectivity index (χ0v) is 14.4. The number of unbranched alkanes of at least 4 members (excludes halogenated alkanes) is 1. The number of nitrogens with one attached hydrogen (secondary N) is 5. The minimum Gasteiger partial charge on any atom is -0.481 e. The summed E-state index contributed by atoms with van der Waals surface area (Å²) in [4.78, 5) is 20.6. The lowest BCUT2D eigenvalue weighted by atomic mass is 10.2. The van der Waals surface area contributed by atoms with Crippen LogP contribution in [0.4, 0.5) is 0 Å². The summed E-state index contributed by atoms with van der Waals surface area (Å²) in [6.07, 6.45) is 1.87. The molecule has 0 fully saturated rings. The van der Waals surface area contributed by atoms with Crippen molar-refractivity contribution in [3.63, 3.8) is 0 Å². The van der Waals surface area contributed by atoms with Gasteiger partial charge in [0.25, 0.3) is 0 Å². The van der Waals surface area contributed by atoms with Crippen LogP contribution in [0, 0.1) is 0 Å². The molecule has 24 heavy (non-hydrogen) atoms. The second-order valence-electron chi connectivity index (χ2n) is 5.42. The molecule has 0 spiro atoms. The molecule has 0 aromatic rings. The lowest BCUT2D eigenvalue weighted by Crippen LogP contribution is -2.37. The number of hydrogen-bond donors (Lipinski definition) is 7. The quantitative estimate of drug-likeness (QED) is 0.136. The highest BCUT2D eigenvalue weighted by Gasteiger charge is 1.96. The van der Waals surface area contributed by atoms with E-state index in [1.807, 2.05) is 0 Å². The smallest absolute Gasteiger partial charge is 0.317 e. The minimum atomic E-state index is -0.836. The van der Waals surface area contributed by atoms with E-state index in [2.05, 4.69) is 26.6 Å². The second kappa shape index (κ2) is 18.1. The van der Waals surface area contributed by atoms with Crippen molar-refractivity contribution >= 4 is 11.9 Å². The average molecular weight is 347 g/mol. The van der Waals surface area contributed by atoms with Crippen LogP contribution in [0.3, 0.4) is 0 Å². The van der Waals surface area contributed by atoms with Crippen LogP contribution in [0.5, 0.6) is 0 Å². The van der Waals surface area contributed by atoms with E-state index in [9.17, 15) is 9.59 Å². The molecule has 0 aliphatic carbocycles. The van der Waals surface area contributed by atoms with Gasteiger partial charge >= 0.3 is 11.9 Å². The van der Waals surface area contributed by atoms with Gasteiger partial charge in [-0.3, -0.25) is 9.59 Å². The van der Waals surface area contributed by atoms with Crippen LogP contribution in [0.15, 0.2) is 0 Å². The Balaban J connectivity index is 3.00. The molecule has 0 bridgehead atoms. The van der Waals surface area contributed by atoms with Gasteiger partial charge in [-0.05, 0) is 19.4 Å². The Kier molecular flexibility index (Phi) is 17.1. The van der Waals surface area contributed by atoms with E-state index in [1.54, 1.807) is 0 Å². The Labute approximate surface area is 144 Å². The number of carboxylic acid groups (broad SMARTS) is 2. The Morgan fingerprint density at radius 1 is 0.542 bits per heavy atom. The summed E-state index contributed by atoms with van der Waals surface area (Å²) >= 11 is 0. The maximum atomic E-state index is 10.3. The van der Waals surface area contributed by atoms with E-state index >= 15 is 0 Å². The van der Waals surface area contributed by atoms with Crippen LogP contribution in [0.25, 0.3) is 0 Å². The van der Waals surface area contributed by atoms with Gasteiger partial charge in [0.1, 0.15) is 0 Å². The highest BCUT2D eigenvalue weighted by molar-refractivity contribution is 5.68. The van der Waals surface area contributed by atoms with Gasteiger partial charge in [-0.2, -0.15) is 0 Å². The number of hydrogen-bond acceptors (Lipinski definition) is 7. The predicted octanol–water partition coefficient (Wildman–Crippen LogP) is -1.73. The first-order valence-electron chi connectivity index (χ1n) is 8.60. The van der Waals surface area contributed by atoms with Crippen molar-refractivity contribution in [2.24, 2.45) is 0 Å². The number of carbonyl (C=O) groups is 2. The molecule has 0 atom stereocenters. The summed E-state index contributed by atoms with van der Waals surface area (Å²) in [6, 6.07) is 0. The van der Waals surface area contributed by atoms with E-state index in [0.717, 1.165) is 65.2 Å². The molecule has 0 amide bonds. The zero-order valence-electron chi connectivity index (χ0n) is 14.4. The molecule has 9 heteroatoms. The lowest BCUT2D eigenvalue weighted by Gasteiger charge is -2.08. The molecule has 9 nitrogen and oxygen atoms in total. The molecular weight excluding hydrogens is 314 g/mol. The van der Waals surface area contributed by atoms with Crippen LogP contribution < -0.4 is 26.6 Å². The molecule has 0 aromatic heterocycles. The summed E-state index contributed by atoms with van der Waals surface area (Å²) in [5, 5.41) is 32.9. The summed E-state index contributed by atoms with van der Waals surface area (Å²) in [6.45, 7) is 7.59. The van der Waals surface area contributed by atoms with Gasteiger partial charge in [0.2, 0.25) is 0 Å². The monoisotopic (exact) mass is 347 g/mol. The fraction of sp³-hybridized carbons (Fsp3) is 0.867. The fourth-order valence-electron chi connectivity index (χ4n) is 1.93. The van der Waals surface area contributed by atoms with E-state index in [1.165, 1.54) is 0 Å². The normalized spacial score (nSPS) is 10.8. The Bertz CT molecular complexity index is 288. The van der Waals surface area contributed by atoms with E-state index in [-0.39, 0.29) is 13.0 Å². The third kappa shape index (κ3) is 20.7. The highest BCUT2D eigenvalue weighted by Crippen LogP contribution is 1.92. The number of rotatable bonds is 19. The van der Waals surface area contributed by atoms with E-state index in [4.69, 9.17) is 10.2 Å². The van der Waals surface area contributed by atoms with Crippen molar-refractivity contribution in [1.82, 2.24) is 26.6 Å². The molecule has 0 radical (unpaired) electrons. The minimum absolute atomic E-state index is 0.00277. The van der Waals surface area contributed by atoms with Crippen molar-refractivity contribution in [3.05, 3.63) is 0 Å². The van der Waals surface area contributed by atoms with Gasteiger partial charge in [0, 0.05) is 58.8 Å². The van der Waals surface area contributed by atoms with Gasteiger partial charge in [-0.1, -0.05) is 0 Å². The zero-order chi connectivity index (χ0) is 17.9. The van der Waals surface area contributed by atoms with Gasteiger partial charge in [-0.25, -0.2) is 0 Å². The largest absolute Gasteiger partial charge is 0.481 e. The van der Waals surface area contributed by atoms with Crippen LogP contribution in [0.1, 0.15) is 19.3 Å². The van der Waals surface area contributed by atoms with E-state index < -0.39 is 11.9 Å². The molecule has 142 valence electrons. The first-order chi connectivity index (χ1) is 11.6. The van der Waals surface area contributed by atoms with Crippen LogP contribution in [0.2, 0.25) is 0 Å². The van der Waals surface area contributed by atoms with Crippen molar-refractivity contribution in [2.75, 3.05) is 65.4 Å². The molecular formula is C15H33N5O4. The Hall–Kier alpha value is -1.26. The van der Waals surface area contributed by atoms with Crippen molar-refractivity contribution in [3.8, 4) is 0 Å². The fourth-order valence-corrected chi connectivity index (χ4v) is 1.93. The van der Waals surface area contributed by atoms with Crippen molar-refractivity contribution in [1.29, 1.82) is 0 Å². The third-order valence-corrected chi connectivity index (χ3v) is 3.18. The van der Waals surface area contributed by atoms with Crippen LogP contribution in [-0.2, 0) is 9.59 Å². The van der Waals surface area contributed by atoms with Crippen LogP contribution in [-0.4, -0.2) is 87.6 Å². The van der Waals surface area contributed by atoms with Crippen LogP contribution >= 0.6 is 0 Å². The molecule has 0 aliphatic heterocycles. The predicted molar refractivity (Wildman–Crippen MR) is 93.5 cm³/mol. The molecule has 7 N–H and O–H groups in total. The molecule has 0 aromatic carbocycles. The second-order valence-corrected chi connectivity index (χ2v) is 5.42. The van der Waals surface area contributed by atoms with Gasteiger partial charge in [-0.15, -0.1) is 0 Å². The van der Waals surface area contributed by atoms with E-state index in [0.29, 0.717) is 6.54 Å². The van der Waals surface area contributed by atoms with Crippen molar-refractivity contribution in [2.45, 2.75) is 19.3 Å². The topological polar surface area (TPSA) is 135 Å². The number of carboxylic acids is 2. The molecule has 0 unspecified atom stereocenters. The first kappa shape index (κ1) is 22.7. The molecule has 0 saturated carbocycles. The summed E-state index contributed by atoms with van der Waals surface area (Å²) < 4.78 is 0. The summed E-state index contributed by atoms with van der Waals surface area (Å²) in [5.41, 5.74) is 0. The third-order valence-electron chi connectivity index (χ3n) is 3.18. The SMILES string of the molecule is O=C(O)CCCCNCCNCCNCCNCCNCC(=O)O. The Morgan fingerprint density at radius 3 is 1.38 bits per heavy atom. The summed E-state index contributed by atoms with van der Waals surface area (Å²) in [5.74, 6) is -1.56. The van der Waals surface area contributed by atoms with Gasteiger partial charge in [0.15, 0.2) is 0 Å². The van der Waals surface area contributed by atoms with Gasteiger partial charge in [0.05, 0.1) is 6.54 Å². The lowest BCUT2D eigenvalue weighted by molar-refractivity contribution is -0.137. The van der Waals surface area contributed by atoms with Gasteiger partial charge < -0.3 is 36.8 Å². The standard InChI is InChI=1S/C15H33N5O4/c21-14(22)3-1-2-4-16-5-6-17-7-8-18-9-10-19-11-12-20-13-15(23)24/h16-20H,1-13H2,(H,21,22)(H,23,24). The first-order valence-corrected chi connectivity index (χ1v) is 8.60. The number of aliphatic carboxylic acids is 2. The molecule has 0 saturated heterocycles. The Morgan fingerprint density at radius 2 is 0.958 bits per heavy atom. The molecule has 0 heterocycles. The maximum absolute atomic E-state index is 10.3. The average Bonchev–Trinajstić information content (AvgIpc) is 2.53. The molecule has 0 aliphatic rings.